The third-order valence-electron chi connectivity index (χ3n) is 4.62. The quantitative estimate of drug-likeness (QED) is 0.565. The highest BCUT2D eigenvalue weighted by molar-refractivity contribution is 6.41. The molecule has 26 heavy (non-hydrogen) atoms. The van der Waals surface area contributed by atoms with Gasteiger partial charge in [-0.05, 0) is 29.7 Å². The van der Waals surface area contributed by atoms with E-state index in [4.69, 9.17) is 9.47 Å². The van der Waals surface area contributed by atoms with E-state index >= 15 is 0 Å². The van der Waals surface area contributed by atoms with Crippen molar-refractivity contribution in [3.63, 3.8) is 0 Å². The second-order valence-electron chi connectivity index (χ2n) is 6.50. The van der Waals surface area contributed by atoms with E-state index in [-0.39, 0.29) is 17.1 Å². The first kappa shape index (κ1) is 17.9. The number of carbonyl (C=O) groups excluding carboxylic acids is 2. The first-order valence-electron chi connectivity index (χ1n) is 8.76. The highest BCUT2D eigenvalue weighted by atomic mass is 16.5. The van der Waals surface area contributed by atoms with Crippen LogP contribution in [0.3, 0.4) is 0 Å². The van der Waals surface area contributed by atoms with Crippen LogP contribution in [-0.2, 0) is 0 Å². The number of hydrogen-bond acceptors (Lipinski definition) is 4. The summed E-state index contributed by atoms with van der Waals surface area (Å²) in [5.74, 6) is 1.22. The second kappa shape index (κ2) is 7.56. The van der Waals surface area contributed by atoms with Crippen molar-refractivity contribution in [3.05, 3.63) is 64.7 Å². The largest absolute Gasteiger partial charge is 0.493 e. The molecule has 134 valence electrons. The zero-order chi connectivity index (χ0) is 18.7. The number of hydrogen-bond donors (Lipinski definition) is 0. The zero-order valence-electron chi connectivity index (χ0n) is 15.2. The molecule has 0 radical (unpaired) electrons. The highest BCUT2D eigenvalue weighted by Crippen LogP contribution is 2.32. The number of carbonyl (C=O) groups is 2. The molecular formula is C22H22O4. The number of ketones is 2. The van der Waals surface area contributed by atoms with Crippen LogP contribution in [0.4, 0.5) is 0 Å². The third-order valence-corrected chi connectivity index (χ3v) is 4.62. The highest BCUT2D eigenvalue weighted by Gasteiger charge is 2.32. The average molecular weight is 350 g/mol. The molecule has 0 fully saturated rings. The van der Waals surface area contributed by atoms with Crippen molar-refractivity contribution in [1.82, 2.24) is 0 Å². The number of fused-ring (bicyclic) bond motifs is 1. The van der Waals surface area contributed by atoms with Gasteiger partial charge in [0.1, 0.15) is 0 Å². The molecule has 4 heteroatoms. The number of Topliss-reactive ketones (excluding diaryl/α,β-unsaturated/α-hetero) is 2. The van der Waals surface area contributed by atoms with E-state index in [2.05, 4.69) is 13.8 Å². The topological polar surface area (TPSA) is 52.6 Å². The predicted molar refractivity (Wildman–Crippen MR) is 101 cm³/mol. The van der Waals surface area contributed by atoms with Crippen LogP contribution < -0.4 is 9.47 Å². The Bertz CT molecular complexity index is 842. The summed E-state index contributed by atoms with van der Waals surface area (Å²) in [7, 11) is 1.57. The maximum absolute atomic E-state index is 12.5. The molecule has 2 aromatic rings. The molecule has 4 nitrogen and oxygen atoms in total. The van der Waals surface area contributed by atoms with Gasteiger partial charge in [0.05, 0.1) is 19.3 Å². The molecule has 1 aliphatic carbocycles. The number of allylic oxidation sites excluding steroid dienone is 1. The fourth-order valence-electron chi connectivity index (χ4n) is 2.81. The normalized spacial score (nSPS) is 14.2. The fraction of sp³-hybridized carbons (Fsp3) is 0.273. The van der Waals surface area contributed by atoms with E-state index in [9.17, 15) is 9.59 Å². The van der Waals surface area contributed by atoms with Crippen LogP contribution in [0.25, 0.3) is 6.08 Å². The molecule has 3 rings (SSSR count). The summed E-state index contributed by atoms with van der Waals surface area (Å²) in [4.78, 5) is 25.0. The van der Waals surface area contributed by atoms with Gasteiger partial charge in [-0.2, -0.15) is 0 Å². The molecule has 2 aromatic carbocycles. The Labute approximate surface area is 153 Å². The molecule has 0 unspecified atom stereocenters. The van der Waals surface area contributed by atoms with Crippen molar-refractivity contribution in [3.8, 4) is 11.5 Å². The maximum atomic E-state index is 12.5. The molecule has 1 atom stereocenters. The Morgan fingerprint density at radius 2 is 1.65 bits per heavy atom. The SMILES string of the molecule is CC[C@@H](C)COc1ccc(C=C2C(=O)c3ccccc3C2=O)cc1OC. The summed E-state index contributed by atoms with van der Waals surface area (Å²) < 4.78 is 11.2. The number of methoxy groups -OCH3 is 1. The predicted octanol–water partition coefficient (Wildman–Crippen LogP) is 4.58. The number of benzene rings is 2. The van der Waals surface area contributed by atoms with Gasteiger partial charge in [-0.15, -0.1) is 0 Å². The Morgan fingerprint density at radius 1 is 1.00 bits per heavy atom. The Balaban J connectivity index is 1.88. The lowest BCUT2D eigenvalue weighted by molar-refractivity contribution is 0.0990. The van der Waals surface area contributed by atoms with Crippen molar-refractivity contribution in [2.24, 2.45) is 5.92 Å². The average Bonchev–Trinajstić information content (AvgIpc) is 2.91. The molecule has 0 heterocycles. The summed E-state index contributed by atoms with van der Waals surface area (Å²) in [6, 6.07) is 12.3. The molecule has 0 aliphatic heterocycles. The van der Waals surface area contributed by atoms with E-state index < -0.39 is 0 Å². The smallest absolute Gasteiger partial charge is 0.197 e. The van der Waals surface area contributed by atoms with Crippen molar-refractivity contribution >= 4 is 17.6 Å². The van der Waals surface area contributed by atoms with Crippen LogP contribution in [0, 0.1) is 5.92 Å². The molecule has 0 saturated heterocycles. The Morgan fingerprint density at radius 3 is 2.23 bits per heavy atom. The lowest BCUT2D eigenvalue weighted by atomic mass is 10.1. The van der Waals surface area contributed by atoms with Crippen LogP contribution in [0.15, 0.2) is 48.0 Å². The summed E-state index contributed by atoms with van der Waals surface area (Å²) >= 11 is 0. The van der Waals surface area contributed by atoms with Crippen molar-refractivity contribution in [1.29, 1.82) is 0 Å². The van der Waals surface area contributed by atoms with Gasteiger partial charge in [-0.1, -0.05) is 50.6 Å². The summed E-state index contributed by atoms with van der Waals surface area (Å²) in [5, 5.41) is 0. The molecule has 1 aliphatic rings. The van der Waals surface area contributed by atoms with Crippen LogP contribution in [-0.4, -0.2) is 25.3 Å². The van der Waals surface area contributed by atoms with E-state index in [0.717, 1.165) is 12.0 Å². The van der Waals surface area contributed by atoms with Gasteiger partial charge in [0.2, 0.25) is 0 Å². The standard InChI is InChI=1S/C22H22O4/c1-4-14(2)13-26-19-10-9-15(12-20(19)25-3)11-18-21(23)16-7-5-6-8-17(16)22(18)24/h5-12,14H,4,13H2,1-3H3/t14-/m1/s1. The van der Waals surface area contributed by atoms with Crippen molar-refractivity contribution < 1.29 is 19.1 Å². The molecule has 0 amide bonds. The fourth-order valence-corrected chi connectivity index (χ4v) is 2.81. The molecule has 0 saturated carbocycles. The molecule has 0 aromatic heterocycles. The number of ether oxygens (including phenoxy) is 2. The van der Waals surface area contributed by atoms with Crippen LogP contribution in [0.1, 0.15) is 46.5 Å². The Hall–Kier alpha value is -2.88. The molecule has 0 N–H and O–H groups in total. The monoisotopic (exact) mass is 350 g/mol. The number of rotatable bonds is 6. The van der Waals surface area contributed by atoms with Crippen molar-refractivity contribution in [2.75, 3.05) is 13.7 Å². The van der Waals surface area contributed by atoms with Gasteiger partial charge in [0, 0.05) is 11.1 Å². The minimum absolute atomic E-state index is 0.182. The first-order valence-corrected chi connectivity index (χ1v) is 8.76. The molecule has 0 spiro atoms. The van der Waals surface area contributed by atoms with Gasteiger partial charge in [0.15, 0.2) is 23.1 Å². The van der Waals surface area contributed by atoms with Gasteiger partial charge in [-0.3, -0.25) is 9.59 Å². The van der Waals surface area contributed by atoms with Crippen LogP contribution in [0.5, 0.6) is 11.5 Å². The van der Waals surface area contributed by atoms with E-state index in [1.54, 1.807) is 43.5 Å². The van der Waals surface area contributed by atoms with Crippen molar-refractivity contribution in [2.45, 2.75) is 20.3 Å². The summed E-state index contributed by atoms with van der Waals surface area (Å²) in [5.41, 5.74) is 1.83. The van der Waals surface area contributed by atoms with Gasteiger partial charge in [-0.25, -0.2) is 0 Å². The zero-order valence-corrected chi connectivity index (χ0v) is 15.2. The van der Waals surface area contributed by atoms with Crippen LogP contribution >= 0.6 is 0 Å². The van der Waals surface area contributed by atoms with E-state index in [1.165, 1.54) is 0 Å². The minimum atomic E-state index is -0.235. The summed E-state index contributed by atoms with van der Waals surface area (Å²) in [6.45, 7) is 4.86. The minimum Gasteiger partial charge on any atom is -0.493 e. The van der Waals surface area contributed by atoms with Crippen LogP contribution in [0.2, 0.25) is 0 Å². The summed E-state index contributed by atoms with van der Waals surface area (Å²) in [6.07, 6.45) is 2.66. The van der Waals surface area contributed by atoms with E-state index in [1.807, 2.05) is 12.1 Å². The first-order chi connectivity index (χ1) is 12.5. The second-order valence-corrected chi connectivity index (χ2v) is 6.50. The lowest BCUT2D eigenvalue weighted by Crippen LogP contribution is -2.08. The van der Waals surface area contributed by atoms with Gasteiger partial charge in [0.25, 0.3) is 0 Å². The third kappa shape index (κ3) is 3.40. The van der Waals surface area contributed by atoms with Gasteiger partial charge < -0.3 is 9.47 Å². The van der Waals surface area contributed by atoms with E-state index in [0.29, 0.717) is 35.2 Å². The maximum Gasteiger partial charge on any atom is 0.197 e. The Kier molecular flexibility index (Phi) is 5.21. The lowest BCUT2D eigenvalue weighted by Gasteiger charge is -2.14. The molecular weight excluding hydrogens is 328 g/mol. The molecule has 0 bridgehead atoms. The van der Waals surface area contributed by atoms with Gasteiger partial charge >= 0.3 is 0 Å².